The summed E-state index contributed by atoms with van der Waals surface area (Å²) < 4.78 is 5.70. The maximum atomic E-state index is 12.9. The number of nitro groups is 1. The quantitative estimate of drug-likeness (QED) is 0.216. The number of non-ortho nitro benzene ring substituents is 1. The van der Waals surface area contributed by atoms with Gasteiger partial charge in [-0.05, 0) is 42.6 Å². The zero-order valence-corrected chi connectivity index (χ0v) is 16.6. The molecule has 9 heteroatoms. The molecule has 152 valence electrons. The number of aliphatic hydroxyl groups excluding tert-OH is 1. The summed E-state index contributed by atoms with van der Waals surface area (Å²) in [7, 11) is 0. The van der Waals surface area contributed by atoms with E-state index in [1.165, 1.54) is 40.5 Å². The Bertz CT molecular complexity index is 1160. The summed E-state index contributed by atoms with van der Waals surface area (Å²) in [6.45, 7) is 1.93. The highest BCUT2D eigenvalue weighted by molar-refractivity contribution is 7.09. The van der Waals surface area contributed by atoms with Crippen molar-refractivity contribution < 1.29 is 24.0 Å². The van der Waals surface area contributed by atoms with E-state index in [1.54, 1.807) is 19.1 Å². The Balaban J connectivity index is 1.83. The minimum Gasteiger partial charge on any atom is -0.507 e. The molecule has 1 amide bonds. The fraction of sp³-hybridized carbons (Fsp3) is 0.143. The Morgan fingerprint density at radius 3 is 2.50 bits per heavy atom. The highest BCUT2D eigenvalue weighted by Gasteiger charge is 2.47. The highest BCUT2D eigenvalue weighted by Crippen LogP contribution is 2.41. The molecule has 0 aliphatic carbocycles. The third-order valence-electron chi connectivity index (χ3n) is 4.83. The van der Waals surface area contributed by atoms with Crippen LogP contribution >= 0.6 is 11.3 Å². The number of amides is 1. The Morgan fingerprint density at radius 1 is 1.20 bits per heavy atom. The molecule has 0 radical (unpaired) electrons. The highest BCUT2D eigenvalue weighted by atomic mass is 32.1. The van der Waals surface area contributed by atoms with E-state index in [9.17, 15) is 24.8 Å². The fourth-order valence-corrected chi connectivity index (χ4v) is 4.11. The number of Topliss-reactive ketones (excluding diaryl/α,β-unsaturated/α-hetero) is 1. The number of aryl methyl sites for hydroxylation is 1. The van der Waals surface area contributed by atoms with Crippen LogP contribution in [0.2, 0.25) is 0 Å². The van der Waals surface area contributed by atoms with E-state index in [0.29, 0.717) is 11.5 Å². The maximum Gasteiger partial charge on any atom is 0.296 e. The topological polar surface area (TPSA) is 114 Å². The van der Waals surface area contributed by atoms with E-state index < -0.39 is 28.4 Å². The van der Waals surface area contributed by atoms with Crippen LogP contribution in [-0.2, 0) is 16.1 Å². The number of carbonyl (C=O) groups is 2. The van der Waals surface area contributed by atoms with Crippen molar-refractivity contribution in [2.45, 2.75) is 19.5 Å². The zero-order chi connectivity index (χ0) is 21.4. The Labute approximate surface area is 174 Å². The summed E-state index contributed by atoms with van der Waals surface area (Å²) in [5.74, 6) is -1.03. The van der Waals surface area contributed by atoms with E-state index in [2.05, 4.69) is 0 Å². The SMILES string of the molecule is Cc1ccc(C2/C(=C(/O)c3ccc([N+](=O)[O-])cc3)C(=O)C(=O)N2Cc2cccs2)o1. The number of nitrogens with zero attached hydrogens (tertiary/aromatic N) is 2. The van der Waals surface area contributed by atoms with E-state index in [0.717, 1.165) is 4.88 Å². The van der Waals surface area contributed by atoms with Crippen molar-refractivity contribution in [2.75, 3.05) is 0 Å². The third kappa shape index (κ3) is 3.39. The van der Waals surface area contributed by atoms with Gasteiger partial charge < -0.3 is 14.4 Å². The van der Waals surface area contributed by atoms with Crippen LogP contribution in [0.15, 0.2) is 63.9 Å². The van der Waals surface area contributed by atoms with E-state index in [-0.39, 0.29) is 23.4 Å². The van der Waals surface area contributed by atoms with Crippen LogP contribution in [0.1, 0.15) is 28.0 Å². The van der Waals surface area contributed by atoms with Crippen molar-refractivity contribution in [2.24, 2.45) is 0 Å². The minimum absolute atomic E-state index is 0.111. The number of aliphatic hydroxyl groups is 1. The first kappa shape index (κ1) is 19.6. The zero-order valence-electron chi connectivity index (χ0n) is 15.8. The van der Waals surface area contributed by atoms with Gasteiger partial charge in [0.25, 0.3) is 17.4 Å². The fourth-order valence-electron chi connectivity index (χ4n) is 3.41. The Hall–Kier alpha value is -3.72. The van der Waals surface area contributed by atoms with E-state index in [1.807, 2.05) is 17.5 Å². The van der Waals surface area contributed by atoms with Gasteiger partial charge in [0, 0.05) is 22.6 Å². The molecule has 1 atom stereocenters. The number of hydrogen-bond donors (Lipinski definition) is 1. The summed E-state index contributed by atoms with van der Waals surface area (Å²) in [4.78, 5) is 38.2. The number of ketones is 1. The molecule has 1 unspecified atom stereocenters. The average molecular weight is 424 g/mol. The van der Waals surface area contributed by atoms with Crippen LogP contribution in [0, 0.1) is 17.0 Å². The van der Waals surface area contributed by atoms with Gasteiger partial charge in [0.2, 0.25) is 0 Å². The van der Waals surface area contributed by atoms with Gasteiger partial charge in [-0.15, -0.1) is 11.3 Å². The van der Waals surface area contributed by atoms with Crippen LogP contribution in [0.3, 0.4) is 0 Å². The van der Waals surface area contributed by atoms with E-state index >= 15 is 0 Å². The number of benzene rings is 1. The second-order valence-electron chi connectivity index (χ2n) is 6.76. The van der Waals surface area contributed by atoms with E-state index in [4.69, 9.17) is 4.42 Å². The molecule has 1 N–H and O–H groups in total. The molecule has 1 aromatic carbocycles. The van der Waals surface area contributed by atoms with Crippen LogP contribution in [-0.4, -0.2) is 26.6 Å². The Kier molecular flexibility index (Phi) is 4.96. The number of furan rings is 1. The van der Waals surface area contributed by atoms with Gasteiger partial charge in [-0.3, -0.25) is 19.7 Å². The van der Waals surface area contributed by atoms with Gasteiger partial charge in [-0.1, -0.05) is 6.07 Å². The van der Waals surface area contributed by atoms with Gasteiger partial charge in [0.15, 0.2) is 0 Å². The summed E-state index contributed by atoms with van der Waals surface area (Å²) in [6.07, 6.45) is 0. The molecular formula is C21H16N2O6S. The molecule has 0 saturated carbocycles. The number of carbonyl (C=O) groups excluding carboxylic acids is 2. The van der Waals surface area contributed by atoms with Crippen molar-refractivity contribution in [1.82, 2.24) is 4.90 Å². The van der Waals surface area contributed by atoms with Crippen molar-refractivity contribution in [3.8, 4) is 0 Å². The van der Waals surface area contributed by atoms with Crippen molar-refractivity contribution in [3.63, 3.8) is 0 Å². The largest absolute Gasteiger partial charge is 0.507 e. The molecule has 1 aliphatic heterocycles. The lowest BCUT2D eigenvalue weighted by Gasteiger charge is -2.22. The normalized spacial score (nSPS) is 18.2. The molecule has 1 saturated heterocycles. The van der Waals surface area contributed by atoms with Gasteiger partial charge in [-0.2, -0.15) is 0 Å². The molecule has 0 bridgehead atoms. The maximum absolute atomic E-state index is 12.9. The third-order valence-corrected chi connectivity index (χ3v) is 5.69. The lowest BCUT2D eigenvalue weighted by Crippen LogP contribution is -2.28. The number of rotatable bonds is 5. The van der Waals surface area contributed by atoms with Crippen molar-refractivity contribution >= 4 is 34.5 Å². The van der Waals surface area contributed by atoms with Gasteiger partial charge >= 0.3 is 0 Å². The first-order valence-electron chi connectivity index (χ1n) is 8.99. The standard InChI is InChI=1S/C21H16N2O6S/c1-12-4-9-16(29-12)18-17(19(24)13-5-7-14(8-6-13)23(27)28)20(25)21(26)22(18)11-15-3-2-10-30-15/h2-10,18,24H,11H2,1H3/b19-17-. The van der Waals surface area contributed by atoms with Crippen molar-refractivity contribution in [3.05, 3.63) is 91.6 Å². The van der Waals surface area contributed by atoms with Crippen LogP contribution < -0.4 is 0 Å². The van der Waals surface area contributed by atoms with Gasteiger partial charge in [0.05, 0.1) is 17.0 Å². The molecule has 1 aliphatic rings. The number of thiophene rings is 1. The number of hydrogen-bond acceptors (Lipinski definition) is 7. The molecule has 3 aromatic rings. The second kappa shape index (κ2) is 7.60. The van der Waals surface area contributed by atoms with Crippen LogP contribution in [0.5, 0.6) is 0 Å². The molecule has 0 spiro atoms. The number of likely N-dealkylation sites (tertiary alicyclic amines) is 1. The summed E-state index contributed by atoms with van der Waals surface area (Å²) in [5.41, 5.74) is -0.0642. The summed E-state index contributed by atoms with van der Waals surface area (Å²) >= 11 is 1.45. The molecule has 8 nitrogen and oxygen atoms in total. The second-order valence-corrected chi connectivity index (χ2v) is 7.79. The molecule has 3 heterocycles. The predicted molar refractivity (Wildman–Crippen MR) is 109 cm³/mol. The summed E-state index contributed by atoms with van der Waals surface area (Å²) in [6, 6.07) is 11.3. The predicted octanol–water partition coefficient (Wildman–Crippen LogP) is 4.18. The Morgan fingerprint density at radius 2 is 1.93 bits per heavy atom. The molecule has 2 aromatic heterocycles. The summed E-state index contributed by atoms with van der Waals surface area (Å²) in [5, 5.41) is 23.6. The minimum atomic E-state index is -0.906. The monoisotopic (exact) mass is 424 g/mol. The number of nitro benzene ring substituents is 1. The first-order valence-corrected chi connectivity index (χ1v) is 9.86. The molecule has 4 rings (SSSR count). The molecule has 1 fully saturated rings. The molecule has 30 heavy (non-hydrogen) atoms. The lowest BCUT2D eigenvalue weighted by molar-refractivity contribution is -0.384. The smallest absolute Gasteiger partial charge is 0.296 e. The lowest BCUT2D eigenvalue weighted by atomic mass is 9.99. The first-order chi connectivity index (χ1) is 14.4. The van der Waals surface area contributed by atoms with Gasteiger partial charge in [0.1, 0.15) is 23.3 Å². The van der Waals surface area contributed by atoms with Crippen LogP contribution in [0.4, 0.5) is 5.69 Å². The van der Waals surface area contributed by atoms with Gasteiger partial charge in [-0.25, -0.2) is 0 Å². The van der Waals surface area contributed by atoms with Crippen LogP contribution in [0.25, 0.3) is 5.76 Å². The average Bonchev–Trinajstić information content (AvgIpc) is 3.45. The van der Waals surface area contributed by atoms with Crippen molar-refractivity contribution in [1.29, 1.82) is 0 Å². The molecular weight excluding hydrogens is 408 g/mol.